The van der Waals surface area contributed by atoms with Crippen LogP contribution in [0.5, 0.6) is 0 Å². The molecule has 2 aromatic rings. The largest absolute Gasteiger partial charge is 0.383 e. The van der Waals surface area contributed by atoms with Crippen LogP contribution in [0.1, 0.15) is 5.69 Å². The molecule has 0 spiro atoms. The van der Waals surface area contributed by atoms with E-state index >= 15 is 0 Å². The highest BCUT2D eigenvalue weighted by Crippen LogP contribution is 2.07. The van der Waals surface area contributed by atoms with Gasteiger partial charge in [0.25, 0.3) is 0 Å². The van der Waals surface area contributed by atoms with Crippen LogP contribution < -0.4 is 5.32 Å². The first-order valence-electron chi connectivity index (χ1n) is 7.28. The van der Waals surface area contributed by atoms with E-state index in [2.05, 4.69) is 40.6 Å². The molecule has 0 bridgehead atoms. The number of benzene rings is 1. The zero-order chi connectivity index (χ0) is 14.9. The molecule has 0 saturated heterocycles. The third-order valence-corrected chi connectivity index (χ3v) is 3.25. The number of nitrogens with one attached hydrogen (secondary N) is 1. The Balaban J connectivity index is 1.77. The minimum atomic E-state index is 0.755. The molecule has 114 valence electrons. The molecule has 1 N–H and O–H groups in total. The van der Waals surface area contributed by atoms with Gasteiger partial charge in [-0.15, -0.1) is 0 Å². The molecule has 5 heteroatoms. The molecule has 0 aliphatic heterocycles. The van der Waals surface area contributed by atoms with Crippen LogP contribution in [0.15, 0.2) is 42.6 Å². The van der Waals surface area contributed by atoms with Crippen molar-refractivity contribution in [2.24, 2.45) is 0 Å². The van der Waals surface area contributed by atoms with E-state index in [1.165, 1.54) is 0 Å². The smallest absolute Gasteiger partial charge is 0.0769 e. The van der Waals surface area contributed by atoms with Gasteiger partial charge in [0, 0.05) is 39.5 Å². The number of aromatic nitrogens is 2. The third kappa shape index (κ3) is 5.30. The molecule has 0 aliphatic carbocycles. The van der Waals surface area contributed by atoms with Gasteiger partial charge in [-0.25, -0.2) is 4.68 Å². The van der Waals surface area contributed by atoms with Crippen LogP contribution in [-0.2, 0) is 11.3 Å². The van der Waals surface area contributed by atoms with Gasteiger partial charge in [-0.1, -0.05) is 18.2 Å². The van der Waals surface area contributed by atoms with Crippen molar-refractivity contribution < 1.29 is 4.74 Å². The number of methoxy groups -OCH3 is 1. The zero-order valence-corrected chi connectivity index (χ0v) is 12.8. The average molecular weight is 288 g/mol. The summed E-state index contributed by atoms with van der Waals surface area (Å²) in [4.78, 5) is 2.26. The maximum absolute atomic E-state index is 5.00. The molecule has 0 saturated carbocycles. The summed E-state index contributed by atoms with van der Waals surface area (Å²) in [5.74, 6) is 0. The fraction of sp³-hybridized carbons (Fsp3) is 0.438. The van der Waals surface area contributed by atoms with Crippen molar-refractivity contribution in [3.05, 3.63) is 48.3 Å². The maximum Gasteiger partial charge on any atom is 0.0769 e. The van der Waals surface area contributed by atoms with Gasteiger partial charge in [-0.05, 0) is 25.2 Å². The highest BCUT2D eigenvalue weighted by atomic mass is 16.5. The Morgan fingerprint density at radius 3 is 2.76 bits per heavy atom. The standard InChI is InChI=1S/C16H24N4O/c1-19(12-9-17-10-13-21-2)14-15-8-11-20(18-15)16-6-4-3-5-7-16/h3-8,11,17H,9-10,12-14H2,1-2H3. The van der Waals surface area contributed by atoms with Crippen LogP contribution in [0.3, 0.4) is 0 Å². The number of ether oxygens (including phenoxy) is 1. The Hall–Kier alpha value is -1.69. The average Bonchev–Trinajstić information content (AvgIpc) is 2.96. The summed E-state index contributed by atoms with van der Waals surface area (Å²) in [6.07, 6.45) is 2.01. The highest BCUT2D eigenvalue weighted by molar-refractivity contribution is 5.30. The van der Waals surface area contributed by atoms with E-state index in [9.17, 15) is 0 Å². The molecule has 0 unspecified atom stereocenters. The van der Waals surface area contributed by atoms with Crippen molar-refractivity contribution >= 4 is 0 Å². The predicted molar refractivity (Wildman–Crippen MR) is 84.6 cm³/mol. The Labute approximate surface area is 126 Å². The Kier molecular flexibility index (Phi) is 6.40. The summed E-state index contributed by atoms with van der Waals surface area (Å²) < 4.78 is 6.92. The molecule has 1 aromatic heterocycles. The molecular weight excluding hydrogens is 264 g/mol. The highest BCUT2D eigenvalue weighted by Gasteiger charge is 2.04. The first-order valence-corrected chi connectivity index (χ1v) is 7.28. The summed E-state index contributed by atoms with van der Waals surface area (Å²) in [7, 11) is 3.83. The number of rotatable bonds is 9. The van der Waals surface area contributed by atoms with E-state index in [1.807, 2.05) is 29.1 Å². The van der Waals surface area contributed by atoms with Crippen LogP contribution in [0.25, 0.3) is 5.69 Å². The molecular formula is C16H24N4O. The SMILES string of the molecule is COCCNCCN(C)Cc1ccn(-c2ccccc2)n1. The van der Waals surface area contributed by atoms with Crippen LogP contribution in [0, 0.1) is 0 Å². The lowest BCUT2D eigenvalue weighted by atomic mass is 10.3. The van der Waals surface area contributed by atoms with Gasteiger partial charge in [0.2, 0.25) is 0 Å². The minimum Gasteiger partial charge on any atom is -0.383 e. The van der Waals surface area contributed by atoms with Crippen LogP contribution in [0.2, 0.25) is 0 Å². The summed E-state index contributed by atoms with van der Waals surface area (Å²) in [6, 6.07) is 12.2. The van der Waals surface area contributed by atoms with Gasteiger partial charge >= 0.3 is 0 Å². The second kappa shape index (κ2) is 8.56. The quantitative estimate of drug-likeness (QED) is 0.711. The van der Waals surface area contributed by atoms with Gasteiger partial charge in [-0.3, -0.25) is 4.90 Å². The van der Waals surface area contributed by atoms with Crippen molar-refractivity contribution in [2.45, 2.75) is 6.54 Å². The molecule has 21 heavy (non-hydrogen) atoms. The summed E-state index contributed by atoms with van der Waals surface area (Å²) in [5, 5.41) is 7.95. The summed E-state index contributed by atoms with van der Waals surface area (Å²) in [5.41, 5.74) is 2.17. The minimum absolute atomic E-state index is 0.755. The van der Waals surface area contributed by atoms with E-state index in [0.29, 0.717) is 0 Å². The zero-order valence-electron chi connectivity index (χ0n) is 12.8. The third-order valence-electron chi connectivity index (χ3n) is 3.25. The van der Waals surface area contributed by atoms with Crippen molar-refractivity contribution in [1.29, 1.82) is 0 Å². The lowest BCUT2D eigenvalue weighted by Gasteiger charge is -2.15. The second-order valence-corrected chi connectivity index (χ2v) is 5.07. The topological polar surface area (TPSA) is 42.3 Å². The second-order valence-electron chi connectivity index (χ2n) is 5.07. The summed E-state index contributed by atoms with van der Waals surface area (Å²) >= 11 is 0. The van der Waals surface area contributed by atoms with E-state index in [1.54, 1.807) is 7.11 Å². The fourth-order valence-corrected chi connectivity index (χ4v) is 2.10. The van der Waals surface area contributed by atoms with Crippen molar-refractivity contribution in [2.75, 3.05) is 40.4 Å². The Bertz CT molecular complexity index is 512. The number of para-hydroxylation sites is 1. The van der Waals surface area contributed by atoms with Gasteiger partial charge in [0.05, 0.1) is 18.0 Å². The van der Waals surface area contributed by atoms with Gasteiger partial charge < -0.3 is 10.1 Å². The van der Waals surface area contributed by atoms with Crippen LogP contribution in [0.4, 0.5) is 0 Å². The van der Waals surface area contributed by atoms with Crippen molar-refractivity contribution in [3.8, 4) is 5.69 Å². The molecule has 0 aliphatic rings. The predicted octanol–water partition coefficient (Wildman–Crippen LogP) is 1.54. The van der Waals surface area contributed by atoms with E-state index in [-0.39, 0.29) is 0 Å². The first kappa shape index (κ1) is 15.7. The summed E-state index contributed by atoms with van der Waals surface area (Å²) in [6.45, 7) is 4.45. The maximum atomic E-state index is 5.00. The van der Waals surface area contributed by atoms with E-state index in [4.69, 9.17) is 4.74 Å². The van der Waals surface area contributed by atoms with Gasteiger partial charge in [0.15, 0.2) is 0 Å². The van der Waals surface area contributed by atoms with E-state index in [0.717, 1.165) is 44.2 Å². The molecule has 1 aromatic carbocycles. The van der Waals surface area contributed by atoms with Crippen molar-refractivity contribution in [1.82, 2.24) is 20.0 Å². The fourth-order valence-electron chi connectivity index (χ4n) is 2.10. The Morgan fingerprint density at radius 2 is 2.00 bits per heavy atom. The normalized spacial score (nSPS) is 11.2. The Morgan fingerprint density at radius 1 is 1.19 bits per heavy atom. The molecule has 0 amide bonds. The van der Waals surface area contributed by atoms with Crippen molar-refractivity contribution in [3.63, 3.8) is 0 Å². The lowest BCUT2D eigenvalue weighted by molar-refractivity contribution is 0.197. The molecule has 2 rings (SSSR count). The molecule has 5 nitrogen and oxygen atoms in total. The van der Waals surface area contributed by atoms with Crippen LogP contribution >= 0.6 is 0 Å². The molecule has 0 fully saturated rings. The van der Waals surface area contributed by atoms with Crippen LogP contribution in [-0.4, -0.2) is 55.1 Å². The monoisotopic (exact) mass is 288 g/mol. The number of nitrogens with zero attached hydrogens (tertiary/aromatic N) is 3. The number of hydrogen-bond donors (Lipinski definition) is 1. The van der Waals surface area contributed by atoms with Gasteiger partial charge in [-0.2, -0.15) is 5.10 Å². The number of likely N-dealkylation sites (N-methyl/N-ethyl adjacent to an activating group) is 1. The lowest BCUT2D eigenvalue weighted by Crippen LogP contribution is -2.30. The first-order chi connectivity index (χ1) is 10.3. The van der Waals surface area contributed by atoms with Gasteiger partial charge in [0.1, 0.15) is 0 Å². The molecule has 1 heterocycles. The molecule has 0 atom stereocenters. The van der Waals surface area contributed by atoms with E-state index < -0.39 is 0 Å². The molecule has 0 radical (unpaired) electrons. The number of hydrogen-bond acceptors (Lipinski definition) is 4.